The average molecular weight is 929 g/mol. The fourth-order valence-corrected chi connectivity index (χ4v) is 6.77. The van der Waals surface area contributed by atoms with Crippen LogP contribution in [0.2, 0.25) is 0 Å². The zero-order valence-corrected chi connectivity index (χ0v) is 31.4. The largest absolute Gasteiger partial charge is 0.393 e. The second-order valence-electron chi connectivity index (χ2n) is 13.4. The summed E-state index contributed by atoms with van der Waals surface area (Å²) in [7, 11) is 0. The average Bonchev–Trinajstić information content (AvgIpc) is 4.01. The first-order valence-corrected chi connectivity index (χ1v) is 17.8. The second-order valence-corrected chi connectivity index (χ2v) is 14.4. The summed E-state index contributed by atoms with van der Waals surface area (Å²) in [6.07, 6.45) is 2.66. The van der Waals surface area contributed by atoms with E-state index in [-0.39, 0.29) is 11.1 Å². The first kappa shape index (κ1) is 44.3. The molecule has 0 atom stereocenters. The van der Waals surface area contributed by atoms with E-state index in [0.29, 0.717) is 12.2 Å². The molecule has 5 aromatic rings. The van der Waals surface area contributed by atoms with Crippen LogP contribution in [0.25, 0.3) is 74.5 Å². The highest BCUT2D eigenvalue weighted by Gasteiger charge is 2.81. The Hall–Kier alpha value is -5.76. The van der Waals surface area contributed by atoms with Gasteiger partial charge in [-0.25, -0.2) is 27.5 Å². The van der Waals surface area contributed by atoms with E-state index >= 15 is 26.3 Å². The molecule has 2 N–H and O–H groups in total. The molecule has 3 aromatic heterocycles. The molecule has 5 heterocycles. The van der Waals surface area contributed by atoms with Crippen molar-refractivity contribution in [3.8, 4) is 22.3 Å². The molecule has 22 heteroatoms. The van der Waals surface area contributed by atoms with Crippen molar-refractivity contribution >= 4 is 75.4 Å². The molecule has 0 aliphatic carbocycles. The smallest absolute Gasteiger partial charge is 0.354 e. The predicted molar refractivity (Wildman–Crippen MR) is 199 cm³/mol. The minimum atomic E-state index is -7.02. The molecule has 7 rings (SSSR count). The van der Waals surface area contributed by atoms with Crippen LogP contribution < -0.4 is 0 Å². The van der Waals surface area contributed by atoms with Crippen LogP contribution in [0.3, 0.4) is 0 Å². The van der Waals surface area contributed by atoms with Gasteiger partial charge in [0.25, 0.3) is 0 Å². The van der Waals surface area contributed by atoms with Crippen molar-refractivity contribution < 1.29 is 70.2 Å². The highest BCUT2D eigenvalue weighted by Crippen LogP contribution is 2.58. The Bertz CT molecular complexity index is 2760. The van der Waals surface area contributed by atoms with Crippen molar-refractivity contribution in [2.75, 3.05) is 0 Å². The van der Waals surface area contributed by atoms with E-state index < -0.39 is 125 Å². The number of nitrogens with zero attached hydrogens (tertiary/aromatic N) is 2. The molecule has 8 bridgehead atoms. The number of rotatable bonds is 9. The van der Waals surface area contributed by atoms with Gasteiger partial charge in [-0.3, -0.25) is 0 Å². The highest BCUT2D eigenvalue weighted by molar-refractivity contribution is 6.23. The SMILES string of the molecule is F/C(=C(/F)C(F)(F)C(F)(F)Cl)c1c2ccc([nH]2)c(-c2cccc(F)c2)c2nc(c(C(F)(F)C(F)(F)C(F)(F)C(F)(F)Cl)c3nc(c(-c4cccc(F)c4)c4ccc1[nH]4)C=C3)C=C2. The molecule has 0 spiro atoms. The van der Waals surface area contributed by atoms with Crippen LogP contribution in [0.1, 0.15) is 33.9 Å². The normalized spacial score (nSPS) is 14.4. The molecule has 0 radical (unpaired) electrons. The van der Waals surface area contributed by atoms with Crippen LogP contribution in [0.5, 0.6) is 0 Å². The van der Waals surface area contributed by atoms with Crippen molar-refractivity contribution in [1.82, 2.24) is 19.9 Å². The van der Waals surface area contributed by atoms with Gasteiger partial charge in [-0.1, -0.05) is 24.3 Å². The van der Waals surface area contributed by atoms with Gasteiger partial charge < -0.3 is 9.97 Å². The number of H-pyrrole nitrogens is 2. The third kappa shape index (κ3) is 7.19. The molecule has 0 amide bonds. The monoisotopic (exact) mass is 928 g/mol. The quantitative estimate of drug-likeness (QED) is 0.112. The number of hydrogen-bond acceptors (Lipinski definition) is 2. The minimum Gasteiger partial charge on any atom is -0.354 e. The van der Waals surface area contributed by atoms with E-state index in [0.717, 1.165) is 84.9 Å². The molecule has 2 aliphatic heterocycles. The second kappa shape index (κ2) is 15.0. The summed E-state index contributed by atoms with van der Waals surface area (Å²) in [5.41, 5.74) is -10.9. The van der Waals surface area contributed by atoms with E-state index in [1.165, 1.54) is 0 Å². The molecule has 2 aromatic carbocycles. The number of aromatic nitrogens is 4. The maximum absolute atomic E-state index is 16.3. The Labute approximate surface area is 345 Å². The molecular formula is C40H18Cl2F16N4. The van der Waals surface area contributed by atoms with E-state index in [9.17, 15) is 43.9 Å². The third-order valence-electron chi connectivity index (χ3n) is 9.48. The summed E-state index contributed by atoms with van der Waals surface area (Å²) >= 11 is 8.70. The Morgan fingerprint density at radius 3 is 1.29 bits per heavy atom. The third-order valence-corrected chi connectivity index (χ3v) is 9.96. The van der Waals surface area contributed by atoms with Gasteiger partial charge in [0.1, 0.15) is 11.6 Å². The van der Waals surface area contributed by atoms with Crippen LogP contribution >= 0.6 is 23.2 Å². The predicted octanol–water partition coefficient (Wildman–Crippen LogP) is 14.5. The molecule has 0 fully saturated rings. The number of halogens is 18. The number of nitrogens with one attached hydrogen (secondary N) is 2. The Morgan fingerprint density at radius 1 is 0.500 bits per heavy atom. The van der Waals surface area contributed by atoms with E-state index in [4.69, 9.17) is 0 Å². The number of hydrogen-bond donors (Lipinski definition) is 2. The summed E-state index contributed by atoms with van der Waals surface area (Å²) < 4.78 is 238. The van der Waals surface area contributed by atoms with Gasteiger partial charge in [-0.2, -0.15) is 52.7 Å². The van der Waals surface area contributed by atoms with Gasteiger partial charge in [0.15, 0.2) is 5.83 Å². The number of allylic oxidation sites excluding steroid dienone is 1. The van der Waals surface area contributed by atoms with Crippen LogP contribution in [0.15, 0.2) is 78.6 Å². The van der Waals surface area contributed by atoms with Crippen LogP contribution in [0, 0.1) is 11.6 Å². The van der Waals surface area contributed by atoms with E-state index in [2.05, 4.69) is 43.1 Å². The first-order valence-electron chi connectivity index (χ1n) is 17.1. The molecule has 0 saturated carbocycles. The van der Waals surface area contributed by atoms with Crippen LogP contribution in [-0.4, -0.2) is 48.5 Å². The van der Waals surface area contributed by atoms with Crippen molar-refractivity contribution in [2.45, 2.75) is 34.5 Å². The van der Waals surface area contributed by atoms with Gasteiger partial charge in [-0.05, 0) is 107 Å². The molecule has 0 saturated heterocycles. The molecule has 0 unspecified atom stereocenters. The number of aromatic amines is 2. The molecular weight excluding hydrogens is 911 g/mol. The number of alkyl halides is 14. The fourth-order valence-electron chi connectivity index (χ4n) is 6.56. The number of fused-ring (bicyclic) bond motifs is 8. The Balaban J connectivity index is 1.73. The summed E-state index contributed by atoms with van der Waals surface area (Å²) in [5, 5.41) is -12.0. The van der Waals surface area contributed by atoms with E-state index in [1.54, 1.807) is 0 Å². The Kier molecular flexibility index (Phi) is 10.7. The lowest BCUT2D eigenvalue weighted by Crippen LogP contribution is -2.59. The van der Waals surface area contributed by atoms with Gasteiger partial charge in [0.2, 0.25) is 5.83 Å². The van der Waals surface area contributed by atoms with Crippen LogP contribution in [-0.2, 0) is 5.92 Å². The highest BCUT2D eigenvalue weighted by atomic mass is 35.5. The van der Waals surface area contributed by atoms with Gasteiger partial charge in [-0.15, -0.1) is 0 Å². The van der Waals surface area contributed by atoms with Crippen molar-refractivity contribution in [1.29, 1.82) is 0 Å². The standard InChI is InChI=1S/C40H18Cl2F16N4/c41-39(55,56)36(49,50)34(46)33(45)31-25-9-7-21(59-25)29(17-3-1-5-19(43)15-17)23-11-13-27(61-23)32(35(47,48)37(51,52)38(53,54)40(42,57)58)28-14-12-24(62-28)30(22-8-10-26(31)60-22)18-4-2-6-20(44)16-18/h1-16,59-60H/b29-21?,29-23?,30-22?,30-24?,31-25?,31-26?,32-27?,32-28?,34-33+. The number of benzene rings is 2. The summed E-state index contributed by atoms with van der Waals surface area (Å²) in [5.74, 6) is -34.2. The summed E-state index contributed by atoms with van der Waals surface area (Å²) in [4.78, 5) is 12.8. The molecule has 62 heavy (non-hydrogen) atoms. The maximum atomic E-state index is 16.3. The van der Waals surface area contributed by atoms with Crippen molar-refractivity contribution in [2.24, 2.45) is 0 Å². The van der Waals surface area contributed by atoms with Crippen LogP contribution in [0.4, 0.5) is 70.2 Å². The van der Waals surface area contributed by atoms with Crippen molar-refractivity contribution in [3.63, 3.8) is 0 Å². The summed E-state index contributed by atoms with van der Waals surface area (Å²) in [6, 6.07) is 11.6. The topological polar surface area (TPSA) is 57.4 Å². The maximum Gasteiger partial charge on any atom is 0.393 e. The molecule has 4 nitrogen and oxygen atoms in total. The fraction of sp³-hybridized carbons (Fsp3) is 0.150. The van der Waals surface area contributed by atoms with Gasteiger partial charge in [0, 0.05) is 22.2 Å². The molecule has 324 valence electrons. The van der Waals surface area contributed by atoms with Gasteiger partial charge >= 0.3 is 34.5 Å². The van der Waals surface area contributed by atoms with Crippen molar-refractivity contribution in [3.05, 3.63) is 124 Å². The zero-order valence-electron chi connectivity index (χ0n) is 29.9. The summed E-state index contributed by atoms with van der Waals surface area (Å²) in [6.45, 7) is 0. The zero-order chi connectivity index (χ0) is 45.5. The lowest BCUT2D eigenvalue weighted by Gasteiger charge is -2.34. The minimum absolute atomic E-state index is 0.251. The van der Waals surface area contributed by atoms with E-state index in [1.807, 2.05) is 0 Å². The first-order chi connectivity index (χ1) is 28.7. The Morgan fingerprint density at radius 2 is 0.903 bits per heavy atom. The lowest BCUT2D eigenvalue weighted by molar-refractivity contribution is -0.353. The van der Waals surface area contributed by atoms with Gasteiger partial charge in [0.05, 0.1) is 44.9 Å². The molecule has 2 aliphatic rings. The lowest BCUT2D eigenvalue weighted by atomic mass is 9.94.